The van der Waals surface area contributed by atoms with E-state index < -0.39 is 0 Å². The summed E-state index contributed by atoms with van der Waals surface area (Å²) in [6.45, 7) is 0. The molecule has 6 heteroatoms. The number of hydrogen-bond acceptors (Lipinski definition) is 6. The van der Waals surface area contributed by atoms with E-state index in [9.17, 15) is 0 Å². The Morgan fingerprint density at radius 3 is 1.74 bits per heavy atom. The van der Waals surface area contributed by atoms with E-state index in [0.29, 0.717) is 5.82 Å². The summed E-state index contributed by atoms with van der Waals surface area (Å²) in [5, 5.41) is 1.03. The van der Waals surface area contributed by atoms with Crippen LogP contribution in [-0.4, -0.2) is 20.7 Å². The number of pyridine rings is 1. The number of thiol groups is 1. The third-order valence-electron chi connectivity index (χ3n) is 9.83. The Bertz CT molecular complexity index is 2670. The Morgan fingerprint density at radius 1 is 0.472 bits per heavy atom. The summed E-state index contributed by atoms with van der Waals surface area (Å²) >= 11 is 4.17. The minimum Gasteiger partial charge on any atom is -0.319 e. The number of aromatic nitrogens is 3. The first-order valence-corrected chi connectivity index (χ1v) is 17.9. The van der Waals surface area contributed by atoms with Gasteiger partial charge in [0, 0.05) is 33.2 Å². The molecule has 2 N–H and O–H groups in total. The van der Waals surface area contributed by atoms with Gasteiger partial charge >= 0.3 is 0 Å². The first-order valence-electron chi connectivity index (χ1n) is 17.5. The molecule has 0 saturated heterocycles. The molecule has 0 saturated carbocycles. The van der Waals surface area contributed by atoms with Gasteiger partial charge in [0.2, 0.25) is 0 Å². The molecule has 6 aromatic carbocycles. The first-order chi connectivity index (χ1) is 26.1. The van der Waals surface area contributed by atoms with E-state index in [-0.39, 0.29) is 6.04 Å². The predicted octanol–water partition coefficient (Wildman–Crippen LogP) is 11.3. The first kappa shape index (κ1) is 32.4. The maximum absolute atomic E-state index is 6.72. The lowest BCUT2D eigenvalue weighted by atomic mass is 9.86. The highest BCUT2D eigenvalue weighted by molar-refractivity contribution is 7.79. The van der Waals surface area contributed by atoms with E-state index in [1.165, 1.54) is 5.56 Å². The lowest BCUT2D eigenvalue weighted by Gasteiger charge is -2.23. The van der Waals surface area contributed by atoms with Crippen molar-refractivity contribution in [2.45, 2.75) is 6.04 Å². The quantitative estimate of drug-likeness (QED) is 0.169. The molecule has 9 rings (SSSR count). The molecule has 1 aliphatic carbocycles. The van der Waals surface area contributed by atoms with Crippen molar-refractivity contribution in [1.82, 2.24) is 15.0 Å². The molecule has 0 spiro atoms. The van der Waals surface area contributed by atoms with Crippen LogP contribution in [0.5, 0.6) is 0 Å². The molecule has 1 aliphatic rings. The Morgan fingerprint density at radius 2 is 1.02 bits per heavy atom. The number of para-hydroxylation sites is 1. The number of rotatable bonds is 6. The van der Waals surface area contributed by atoms with E-state index in [2.05, 4.69) is 145 Å². The zero-order valence-corrected chi connectivity index (χ0v) is 29.5. The van der Waals surface area contributed by atoms with Gasteiger partial charge in [-0.2, -0.15) is 0 Å². The molecule has 0 fully saturated rings. The van der Waals surface area contributed by atoms with Crippen LogP contribution in [0.2, 0.25) is 0 Å². The van der Waals surface area contributed by atoms with Gasteiger partial charge in [0.25, 0.3) is 0 Å². The second kappa shape index (κ2) is 13.9. The molecule has 0 aliphatic heterocycles. The summed E-state index contributed by atoms with van der Waals surface area (Å²) in [6, 6.07) is 56.1. The van der Waals surface area contributed by atoms with Crippen LogP contribution < -0.4 is 5.73 Å². The van der Waals surface area contributed by atoms with Crippen LogP contribution in [0.1, 0.15) is 17.2 Å². The zero-order chi connectivity index (χ0) is 35.7. The van der Waals surface area contributed by atoms with Gasteiger partial charge in [-0.05, 0) is 64.9 Å². The minimum absolute atomic E-state index is 0.389. The van der Waals surface area contributed by atoms with Crippen LogP contribution in [0.3, 0.4) is 0 Å². The average Bonchev–Trinajstić information content (AvgIpc) is 3.24. The molecular formula is C47H33N5S. The van der Waals surface area contributed by atoms with Crippen LogP contribution in [0.15, 0.2) is 174 Å². The van der Waals surface area contributed by atoms with Crippen molar-refractivity contribution in [2.24, 2.45) is 10.1 Å². The maximum atomic E-state index is 6.72. The standard InChI is InChI=1S/C47H33N5S/c48-45-41(52-53)27-26-39-44(45)38-16-7-8-17-40(38)49-46(39)34-22-18-32(19-23-34)36-14-9-15-37(28-36)43-29-42(33-12-5-2-6-13-33)50-47(51-43)35-24-20-31(21-25-35)30-10-3-1-4-11-30/h1-29,45,53H,48H2/b52-41-. The SMILES string of the molecule is NC1/C(=N\S)C=Cc2c(-c3ccc(-c4cccc(-c5cc(-c6ccccc6)nc(-c6ccc(-c7ccccc7)cc6)n5)c4)cc3)nc3ccccc3c21. The van der Waals surface area contributed by atoms with Crippen molar-refractivity contribution < 1.29 is 0 Å². The van der Waals surface area contributed by atoms with Crippen LogP contribution in [0, 0.1) is 0 Å². The monoisotopic (exact) mass is 699 g/mol. The highest BCUT2D eigenvalue weighted by Crippen LogP contribution is 2.38. The van der Waals surface area contributed by atoms with Crippen molar-refractivity contribution in [2.75, 3.05) is 0 Å². The fraction of sp³-hybridized carbons (Fsp3) is 0.0213. The van der Waals surface area contributed by atoms with Crippen molar-refractivity contribution >= 4 is 35.5 Å². The van der Waals surface area contributed by atoms with Crippen molar-refractivity contribution in [3.05, 3.63) is 181 Å². The Hall–Kier alpha value is -6.47. The predicted molar refractivity (Wildman–Crippen MR) is 222 cm³/mol. The van der Waals surface area contributed by atoms with E-state index in [0.717, 1.165) is 83.8 Å². The number of benzene rings is 6. The molecule has 53 heavy (non-hydrogen) atoms. The van der Waals surface area contributed by atoms with Gasteiger partial charge in [-0.3, -0.25) is 0 Å². The fourth-order valence-corrected chi connectivity index (χ4v) is 7.28. The smallest absolute Gasteiger partial charge is 0.160 e. The summed E-state index contributed by atoms with van der Waals surface area (Å²) in [7, 11) is 0. The summed E-state index contributed by atoms with van der Waals surface area (Å²) in [5.41, 5.74) is 21.5. The normalized spacial score (nSPS) is 14.4. The number of hydrogen-bond donors (Lipinski definition) is 2. The minimum atomic E-state index is -0.389. The molecule has 2 heterocycles. The van der Waals surface area contributed by atoms with E-state index in [4.69, 9.17) is 20.7 Å². The van der Waals surface area contributed by atoms with Gasteiger partial charge in [-0.25, -0.2) is 19.3 Å². The van der Waals surface area contributed by atoms with Gasteiger partial charge in [-0.15, -0.1) is 0 Å². The maximum Gasteiger partial charge on any atom is 0.160 e. The third kappa shape index (κ3) is 6.25. The molecule has 1 unspecified atom stereocenters. The molecule has 0 radical (unpaired) electrons. The molecule has 5 nitrogen and oxygen atoms in total. The molecule has 2 aromatic heterocycles. The van der Waals surface area contributed by atoms with E-state index in [1.54, 1.807) is 0 Å². The molecule has 1 atom stereocenters. The summed E-state index contributed by atoms with van der Waals surface area (Å²) in [5.74, 6) is 0.684. The van der Waals surface area contributed by atoms with Crippen LogP contribution >= 0.6 is 12.8 Å². The lowest BCUT2D eigenvalue weighted by Crippen LogP contribution is -2.24. The molecule has 8 aromatic rings. The van der Waals surface area contributed by atoms with Crippen molar-refractivity contribution in [1.29, 1.82) is 0 Å². The average molecular weight is 700 g/mol. The molecule has 252 valence electrons. The Balaban J connectivity index is 1.08. The topological polar surface area (TPSA) is 77.0 Å². The van der Waals surface area contributed by atoms with Crippen LogP contribution in [-0.2, 0) is 0 Å². The number of fused-ring (bicyclic) bond motifs is 3. The summed E-state index contributed by atoms with van der Waals surface area (Å²) < 4.78 is 4.14. The van der Waals surface area contributed by atoms with Gasteiger partial charge in [0.05, 0.1) is 34.4 Å². The van der Waals surface area contributed by atoms with E-state index >= 15 is 0 Å². The van der Waals surface area contributed by atoms with Gasteiger partial charge in [-0.1, -0.05) is 152 Å². The second-order valence-corrected chi connectivity index (χ2v) is 13.3. The van der Waals surface area contributed by atoms with Crippen LogP contribution in [0.4, 0.5) is 0 Å². The number of nitrogens with zero attached hydrogens (tertiary/aromatic N) is 4. The van der Waals surface area contributed by atoms with Gasteiger partial charge in [0.1, 0.15) is 0 Å². The number of nitrogens with two attached hydrogens (primary N) is 1. The van der Waals surface area contributed by atoms with Crippen molar-refractivity contribution in [3.63, 3.8) is 0 Å². The fourth-order valence-electron chi connectivity index (χ4n) is 7.09. The highest BCUT2D eigenvalue weighted by Gasteiger charge is 2.25. The van der Waals surface area contributed by atoms with Crippen LogP contribution in [0.25, 0.3) is 84.4 Å². The Kier molecular flexibility index (Phi) is 8.52. The molecule has 0 amide bonds. The zero-order valence-electron chi connectivity index (χ0n) is 28.6. The van der Waals surface area contributed by atoms with E-state index in [1.807, 2.05) is 48.5 Å². The van der Waals surface area contributed by atoms with Gasteiger partial charge in [0.15, 0.2) is 5.82 Å². The molecule has 0 bridgehead atoms. The van der Waals surface area contributed by atoms with Gasteiger partial charge < -0.3 is 5.73 Å². The highest BCUT2D eigenvalue weighted by atomic mass is 32.1. The Labute approximate surface area is 313 Å². The lowest BCUT2D eigenvalue weighted by molar-refractivity contribution is 0.968. The molecular weight excluding hydrogens is 667 g/mol. The summed E-state index contributed by atoms with van der Waals surface area (Å²) in [4.78, 5) is 15.3. The largest absolute Gasteiger partial charge is 0.319 e. The third-order valence-corrected chi connectivity index (χ3v) is 10.1. The summed E-state index contributed by atoms with van der Waals surface area (Å²) in [6.07, 6.45) is 3.98. The second-order valence-electron chi connectivity index (χ2n) is 13.1. The van der Waals surface area contributed by atoms with Crippen molar-refractivity contribution in [3.8, 4) is 67.4 Å².